The van der Waals surface area contributed by atoms with E-state index in [0.717, 1.165) is 0 Å². The molecule has 0 saturated carbocycles. The largest absolute Gasteiger partial charge is 0.504 e. The number of amides is 1. The molecule has 0 aliphatic rings. The molecule has 4 aromatic rings. The quantitative estimate of drug-likeness (QED) is 0.186. The van der Waals surface area contributed by atoms with Crippen LogP contribution in [0, 0.1) is 5.41 Å². The molecule has 0 saturated heterocycles. The maximum absolute atomic E-state index is 11.8. The second-order valence-electron chi connectivity index (χ2n) is 6.90. The topological polar surface area (TPSA) is 202 Å². The van der Waals surface area contributed by atoms with Crippen molar-refractivity contribution in [1.29, 1.82) is 5.41 Å². The van der Waals surface area contributed by atoms with Gasteiger partial charge in [-0.3, -0.25) is 14.6 Å². The van der Waals surface area contributed by atoms with Gasteiger partial charge in [-0.2, -0.15) is 10.2 Å². The predicted octanol–water partition coefficient (Wildman–Crippen LogP) is -0.000130. The van der Waals surface area contributed by atoms with Gasteiger partial charge in [-0.15, -0.1) is 10.2 Å². The summed E-state index contributed by atoms with van der Waals surface area (Å²) in [5.41, 5.74) is 6.56. The highest BCUT2D eigenvalue weighted by atomic mass is 16.3. The first-order valence-electron chi connectivity index (χ1n) is 9.46. The normalized spacial score (nSPS) is 12.1. The maximum atomic E-state index is 11.8. The second-order valence-corrected chi connectivity index (χ2v) is 6.90. The average Bonchev–Trinajstić information content (AvgIpc) is 3.52. The van der Waals surface area contributed by atoms with E-state index in [1.807, 2.05) is 0 Å². The fourth-order valence-electron chi connectivity index (χ4n) is 3.03. The first kappa shape index (κ1) is 20.6. The lowest BCUT2D eigenvalue weighted by atomic mass is 10.2. The number of hydrogen-bond donors (Lipinski definition) is 5. The fourth-order valence-corrected chi connectivity index (χ4v) is 3.03. The van der Waals surface area contributed by atoms with Gasteiger partial charge in [-0.05, 0) is 13.0 Å². The number of primary amides is 1. The number of nitrogens with zero attached hydrogens (tertiary/aromatic N) is 8. The van der Waals surface area contributed by atoms with E-state index >= 15 is 0 Å². The number of H-pyrrole nitrogens is 1. The van der Waals surface area contributed by atoms with Crippen molar-refractivity contribution in [2.45, 2.75) is 13.5 Å². The van der Waals surface area contributed by atoms with Crippen molar-refractivity contribution in [2.75, 3.05) is 6.54 Å². The zero-order chi connectivity index (χ0) is 22.8. The first-order chi connectivity index (χ1) is 15.3. The Balaban J connectivity index is 1.71. The van der Waals surface area contributed by atoms with Crippen molar-refractivity contribution in [1.82, 2.24) is 50.0 Å². The minimum atomic E-state index is -0.692. The predicted molar refractivity (Wildman–Crippen MR) is 113 cm³/mol. The monoisotopic (exact) mass is 436 g/mol. The molecule has 0 atom stereocenters. The summed E-state index contributed by atoms with van der Waals surface area (Å²) in [6.45, 7) is 2.34. The van der Waals surface area contributed by atoms with Crippen molar-refractivity contribution in [3.63, 3.8) is 0 Å². The number of aliphatic hydroxyl groups excluding tert-OH is 1. The number of allylic oxidation sites excluding steroid dienone is 1. The van der Waals surface area contributed by atoms with Gasteiger partial charge in [0, 0.05) is 25.5 Å². The van der Waals surface area contributed by atoms with E-state index in [4.69, 9.17) is 11.1 Å². The molecule has 164 valence electrons. The Morgan fingerprint density at radius 3 is 2.75 bits per heavy atom. The van der Waals surface area contributed by atoms with Crippen LogP contribution in [0.25, 0.3) is 28.1 Å². The smallest absolute Gasteiger partial charge is 0.267 e. The van der Waals surface area contributed by atoms with E-state index in [2.05, 4.69) is 40.8 Å². The standard InChI is InChI=1S/C18H20N12O2/c1-9(19)15(31)14(21-3-4-30-7-22-23-8-30)18-26-17(27-28-18)13-10-6-24-29(2)12(10)5-11(25-13)16(20)32/h5-8,19,21,31H,3-4H2,1-2H3,(H2,20,32)(H,26,27,28)/b15-14+,19-9?. The van der Waals surface area contributed by atoms with Gasteiger partial charge in [0.2, 0.25) is 5.82 Å². The number of aromatic nitrogens is 9. The number of nitrogens with one attached hydrogen (secondary N) is 3. The molecule has 0 bridgehead atoms. The molecule has 0 unspecified atom stereocenters. The zero-order valence-corrected chi connectivity index (χ0v) is 17.2. The van der Waals surface area contributed by atoms with Gasteiger partial charge in [0.15, 0.2) is 11.6 Å². The molecule has 14 heteroatoms. The molecule has 4 rings (SSSR count). The summed E-state index contributed by atoms with van der Waals surface area (Å²) in [4.78, 5) is 20.5. The Kier molecular flexibility index (Phi) is 5.32. The maximum Gasteiger partial charge on any atom is 0.267 e. The van der Waals surface area contributed by atoms with Gasteiger partial charge in [0.1, 0.15) is 29.7 Å². The van der Waals surface area contributed by atoms with Crippen LogP contribution in [0.15, 0.2) is 30.7 Å². The van der Waals surface area contributed by atoms with E-state index in [9.17, 15) is 9.90 Å². The van der Waals surface area contributed by atoms with Crippen molar-refractivity contribution >= 4 is 28.2 Å². The average molecular weight is 436 g/mol. The second kappa shape index (κ2) is 8.25. The SMILES string of the molecule is CC(=N)/C(O)=C(\NCCn1cnnc1)c1n[nH]c(-c2nc(C(N)=O)cc3c2cnn3C)n1. The minimum Gasteiger partial charge on any atom is -0.504 e. The van der Waals surface area contributed by atoms with Crippen LogP contribution in [0.1, 0.15) is 23.2 Å². The first-order valence-corrected chi connectivity index (χ1v) is 9.46. The van der Waals surface area contributed by atoms with E-state index < -0.39 is 5.91 Å². The molecule has 4 aromatic heterocycles. The van der Waals surface area contributed by atoms with E-state index in [1.165, 1.54) is 6.92 Å². The van der Waals surface area contributed by atoms with Crippen LogP contribution in [-0.2, 0) is 13.6 Å². The molecule has 0 aliphatic carbocycles. The number of pyridine rings is 1. The van der Waals surface area contributed by atoms with Crippen LogP contribution in [0.3, 0.4) is 0 Å². The highest BCUT2D eigenvalue weighted by Gasteiger charge is 2.20. The van der Waals surface area contributed by atoms with Crippen LogP contribution in [0.2, 0.25) is 0 Å². The third-order valence-electron chi connectivity index (χ3n) is 4.66. The van der Waals surface area contributed by atoms with Gasteiger partial charge in [0.25, 0.3) is 5.91 Å². The molecule has 6 N–H and O–H groups in total. The number of aromatic amines is 1. The number of aryl methyl sites for hydroxylation is 1. The molecule has 32 heavy (non-hydrogen) atoms. The van der Waals surface area contributed by atoms with Gasteiger partial charge in [0.05, 0.1) is 17.4 Å². The molecular formula is C18H20N12O2. The fraction of sp³-hybridized carbons (Fsp3) is 0.222. The molecule has 14 nitrogen and oxygen atoms in total. The van der Waals surface area contributed by atoms with Crippen molar-refractivity contribution in [3.8, 4) is 11.5 Å². The molecule has 4 heterocycles. The number of nitrogens with two attached hydrogens (primary N) is 1. The van der Waals surface area contributed by atoms with Gasteiger partial charge >= 0.3 is 0 Å². The lowest BCUT2D eigenvalue weighted by Gasteiger charge is -2.10. The summed E-state index contributed by atoms with van der Waals surface area (Å²) in [6.07, 6.45) is 4.72. The Morgan fingerprint density at radius 2 is 2.06 bits per heavy atom. The molecule has 1 amide bonds. The summed E-state index contributed by atoms with van der Waals surface area (Å²) in [5, 5.41) is 40.6. The van der Waals surface area contributed by atoms with Crippen molar-refractivity contribution in [2.24, 2.45) is 12.8 Å². The molecule has 0 aliphatic heterocycles. The van der Waals surface area contributed by atoms with E-state index in [1.54, 1.807) is 41.2 Å². The number of carbonyl (C=O) groups is 1. The molecule has 0 fully saturated rings. The summed E-state index contributed by atoms with van der Waals surface area (Å²) in [6, 6.07) is 1.55. The molecule has 0 radical (unpaired) electrons. The molecule has 0 aromatic carbocycles. The Morgan fingerprint density at radius 1 is 1.31 bits per heavy atom. The highest BCUT2D eigenvalue weighted by Crippen LogP contribution is 2.26. The van der Waals surface area contributed by atoms with Crippen LogP contribution in [-0.4, -0.2) is 68.0 Å². The summed E-state index contributed by atoms with van der Waals surface area (Å²) >= 11 is 0. The minimum absolute atomic E-state index is 0.0510. The number of hydrogen-bond acceptors (Lipinski definition) is 10. The van der Waals surface area contributed by atoms with Gasteiger partial charge < -0.3 is 26.1 Å². The molecular weight excluding hydrogens is 416 g/mol. The third kappa shape index (κ3) is 3.88. The number of carbonyl (C=O) groups excluding carboxylic acids is 1. The Bertz CT molecular complexity index is 1330. The number of fused-ring (bicyclic) bond motifs is 1. The number of rotatable bonds is 8. The van der Waals surface area contributed by atoms with E-state index in [-0.39, 0.29) is 34.5 Å². The number of aliphatic hydroxyl groups is 1. The summed E-state index contributed by atoms with van der Waals surface area (Å²) < 4.78 is 3.34. The van der Waals surface area contributed by atoms with Crippen molar-refractivity contribution < 1.29 is 9.90 Å². The molecule has 0 spiro atoms. The summed E-state index contributed by atoms with van der Waals surface area (Å²) in [7, 11) is 1.73. The lowest BCUT2D eigenvalue weighted by Crippen LogP contribution is -2.22. The van der Waals surface area contributed by atoms with Gasteiger partial charge in [-0.25, -0.2) is 9.97 Å². The van der Waals surface area contributed by atoms with Crippen LogP contribution in [0.5, 0.6) is 0 Å². The van der Waals surface area contributed by atoms with Crippen LogP contribution < -0.4 is 11.1 Å². The van der Waals surface area contributed by atoms with Gasteiger partial charge in [-0.1, -0.05) is 0 Å². The zero-order valence-electron chi connectivity index (χ0n) is 17.2. The van der Waals surface area contributed by atoms with Crippen LogP contribution in [0.4, 0.5) is 0 Å². The van der Waals surface area contributed by atoms with Crippen LogP contribution >= 0.6 is 0 Å². The highest BCUT2D eigenvalue weighted by molar-refractivity contribution is 6.00. The Labute approximate surface area is 180 Å². The van der Waals surface area contributed by atoms with Crippen molar-refractivity contribution in [3.05, 3.63) is 42.2 Å². The lowest BCUT2D eigenvalue weighted by molar-refractivity contribution is 0.0996. The van der Waals surface area contributed by atoms with E-state index in [0.29, 0.717) is 29.7 Å². The third-order valence-corrected chi connectivity index (χ3v) is 4.66. The Hall–Kier alpha value is -4.62. The summed E-state index contributed by atoms with van der Waals surface area (Å²) in [5.74, 6) is -0.627.